The van der Waals surface area contributed by atoms with Gasteiger partial charge in [0.15, 0.2) is 13.2 Å². The van der Waals surface area contributed by atoms with Crippen LogP contribution in [0.1, 0.15) is 0 Å². The fourth-order valence-electron chi connectivity index (χ4n) is 0.476. The summed E-state index contributed by atoms with van der Waals surface area (Å²) in [5.74, 6) is 1.35. The topological polar surface area (TPSA) is 71.1 Å². The lowest BCUT2D eigenvalue weighted by molar-refractivity contribution is -0.145. The van der Waals surface area contributed by atoms with Crippen LogP contribution in [-0.2, 0) is 27.7 Å². The van der Waals surface area contributed by atoms with Gasteiger partial charge in [-0.25, -0.2) is 9.36 Å². The van der Waals surface area contributed by atoms with Crippen molar-refractivity contribution in [2.75, 3.05) is 27.4 Å². The van der Waals surface area contributed by atoms with E-state index in [1.807, 2.05) is 0 Å². The Balaban J connectivity index is 3.88. The van der Waals surface area contributed by atoms with Crippen molar-refractivity contribution in [2.45, 2.75) is 0 Å². The molecule has 0 aliphatic heterocycles. The summed E-state index contributed by atoms with van der Waals surface area (Å²) in [5.41, 5.74) is 0. The van der Waals surface area contributed by atoms with E-state index in [0.29, 0.717) is 0 Å². The molecule has 0 fully saturated rings. The zero-order valence-corrected chi connectivity index (χ0v) is 8.78. The van der Waals surface area contributed by atoms with Crippen molar-refractivity contribution in [3.63, 3.8) is 0 Å². The van der Waals surface area contributed by atoms with Crippen molar-refractivity contribution in [2.24, 2.45) is 0 Å². The summed E-state index contributed by atoms with van der Waals surface area (Å²) in [5, 5.41) is 0. The second-order valence-electron chi connectivity index (χ2n) is 1.95. The van der Waals surface area contributed by atoms with E-state index in [0.717, 1.165) is 14.2 Å². The zero-order chi connectivity index (χ0) is 11.0. The Morgan fingerprint density at radius 3 is 2.43 bits per heavy atom. The number of terminal acetylenes is 1. The van der Waals surface area contributed by atoms with Crippen LogP contribution in [0.25, 0.3) is 0 Å². The minimum absolute atomic E-state index is 0.160. The average Bonchev–Trinajstić information content (AvgIpc) is 2.23. The number of carbonyl (C=O) groups is 1. The molecule has 0 atom stereocenters. The largest absolute Gasteiger partial charge is 0.474 e. The van der Waals surface area contributed by atoms with Crippen LogP contribution in [0.4, 0.5) is 0 Å². The summed E-state index contributed by atoms with van der Waals surface area (Å²) in [4.78, 5) is 10.8. The van der Waals surface area contributed by atoms with Gasteiger partial charge in [0.1, 0.15) is 0 Å². The lowest BCUT2D eigenvalue weighted by atomic mass is 10.7. The molecule has 0 bridgehead atoms. The van der Waals surface area contributed by atoms with Gasteiger partial charge in [-0.3, -0.25) is 13.6 Å². The summed E-state index contributed by atoms with van der Waals surface area (Å²) in [7, 11) is -1.35. The number of rotatable bonds is 6. The van der Waals surface area contributed by atoms with Crippen molar-refractivity contribution in [1.82, 2.24) is 0 Å². The van der Waals surface area contributed by atoms with Gasteiger partial charge in [0.25, 0.3) is 0 Å². The third-order valence-corrected chi connectivity index (χ3v) is 2.44. The van der Waals surface area contributed by atoms with Crippen LogP contribution < -0.4 is 0 Å². The number of phosphoric acid groups is 1. The molecule has 6 nitrogen and oxygen atoms in total. The van der Waals surface area contributed by atoms with Gasteiger partial charge in [-0.2, -0.15) is 0 Å². The summed E-state index contributed by atoms with van der Waals surface area (Å²) in [6, 6.07) is 0. The monoisotopic (exact) mass is 222 g/mol. The summed E-state index contributed by atoms with van der Waals surface area (Å²) < 4.78 is 29.0. The number of esters is 1. The Labute approximate surface area is 82.1 Å². The van der Waals surface area contributed by atoms with E-state index < -0.39 is 20.4 Å². The quantitative estimate of drug-likeness (QED) is 0.372. The molecule has 0 aliphatic rings. The van der Waals surface area contributed by atoms with Gasteiger partial charge in [-0.1, -0.05) is 5.92 Å². The van der Waals surface area contributed by atoms with Crippen molar-refractivity contribution in [3.05, 3.63) is 0 Å². The molecule has 0 aromatic rings. The van der Waals surface area contributed by atoms with Crippen molar-refractivity contribution in [1.29, 1.82) is 0 Å². The predicted octanol–water partition coefficient (Wildman–Crippen LogP) is 0.580. The first kappa shape index (κ1) is 13.1. The standard InChI is InChI=1S/C7H11O6P/c1-4-5-12-7(8)6-13-14(9,10-2)11-3/h1H,5-6H2,2-3H3. The fraction of sp³-hybridized carbons (Fsp3) is 0.571. The number of ether oxygens (including phenoxy) is 1. The minimum atomic E-state index is -3.62. The highest BCUT2D eigenvalue weighted by atomic mass is 31.2. The molecule has 14 heavy (non-hydrogen) atoms. The lowest BCUT2D eigenvalue weighted by Crippen LogP contribution is -2.12. The van der Waals surface area contributed by atoms with E-state index in [1.54, 1.807) is 0 Å². The smallest absolute Gasteiger partial charge is 0.451 e. The van der Waals surface area contributed by atoms with Gasteiger partial charge in [0, 0.05) is 14.2 Å². The van der Waals surface area contributed by atoms with Crippen LogP contribution in [-0.4, -0.2) is 33.4 Å². The van der Waals surface area contributed by atoms with E-state index in [9.17, 15) is 9.36 Å². The molecule has 0 saturated heterocycles. The highest BCUT2D eigenvalue weighted by molar-refractivity contribution is 7.48. The summed E-state index contributed by atoms with van der Waals surface area (Å²) in [6.07, 6.45) is 4.84. The Morgan fingerprint density at radius 1 is 1.43 bits per heavy atom. The maximum Gasteiger partial charge on any atom is 0.474 e. The molecule has 0 aromatic carbocycles. The van der Waals surface area contributed by atoms with E-state index in [-0.39, 0.29) is 6.61 Å². The number of phosphoric ester groups is 1. The van der Waals surface area contributed by atoms with Gasteiger partial charge < -0.3 is 4.74 Å². The molecular formula is C7H11O6P. The molecular weight excluding hydrogens is 211 g/mol. The molecule has 80 valence electrons. The van der Waals surface area contributed by atoms with Gasteiger partial charge in [-0.05, 0) is 0 Å². The van der Waals surface area contributed by atoms with Crippen molar-refractivity contribution in [3.8, 4) is 12.3 Å². The normalized spacial score (nSPS) is 10.6. The van der Waals surface area contributed by atoms with Crippen LogP contribution in [0.3, 0.4) is 0 Å². The second kappa shape index (κ2) is 6.57. The van der Waals surface area contributed by atoms with E-state index >= 15 is 0 Å². The fourth-order valence-corrected chi connectivity index (χ4v) is 1.10. The zero-order valence-electron chi connectivity index (χ0n) is 7.89. The van der Waals surface area contributed by atoms with Crippen LogP contribution in [0.2, 0.25) is 0 Å². The first-order chi connectivity index (χ1) is 6.58. The second-order valence-corrected chi connectivity index (χ2v) is 3.83. The Morgan fingerprint density at radius 2 is 2.00 bits per heavy atom. The lowest BCUT2D eigenvalue weighted by Gasteiger charge is -2.11. The number of hydrogen-bond acceptors (Lipinski definition) is 6. The maximum atomic E-state index is 11.2. The van der Waals surface area contributed by atoms with E-state index in [2.05, 4.69) is 24.2 Å². The molecule has 0 unspecified atom stereocenters. The third-order valence-electron chi connectivity index (χ3n) is 1.10. The highest BCUT2D eigenvalue weighted by Gasteiger charge is 2.24. The molecule has 0 rings (SSSR count). The van der Waals surface area contributed by atoms with Gasteiger partial charge in [0.05, 0.1) is 0 Å². The maximum absolute atomic E-state index is 11.2. The molecule has 0 amide bonds. The minimum Gasteiger partial charge on any atom is -0.451 e. The SMILES string of the molecule is C#CCOC(=O)COP(=O)(OC)OC. The first-order valence-electron chi connectivity index (χ1n) is 3.53. The number of hydrogen-bond donors (Lipinski definition) is 0. The van der Waals surface area contributed by atoms with Gasteiger partial charge in [-0.15, -0.1) is 6.42 Å². The van der Waals surface area contributed by atoms with Crippen LogP contribution in [0.5, 0.6) is 0 Å². The molecule has 0 aromatic heterocycles. The molecule has 0 heterocycles. The summed E-state index contributed by atoms with van der Waals surface area (Å²) in [6.45, 7) is -0.701. The van der Waals surface area contributed by atoms with Crippen LogP contribution >= 0.6 is 7.82 Å². The molecule has 0 spiro atoms. The van der Waals surface area contributed by atoms with Crippen molar-refractivity contribution < 1.29 is 27.7 Å². The van der Waals surface area contributed by atoms with Crippen LogP contribution in [0.15, 0.2) is 0 Å². The Kier molecular flexibility index (Phi) is 6.17. The average molecular weight is 222 g/mol. The molecule has 0 N–H and O–H groups in total. The van der Waals surface area contributed by atoms with Gasteiger partial charge >= 0.3 is 13.8 Å². The predicted molar refractivity (Wildman–Crippen MR) is 47.4 cm³/mol. The first-order valence-corrected chi connectivity index (χ1v) is 4.99. The molecule has 0 aliphatic carbocycles. The van der Waals surface area contributed by atoms with E-state index in [1.165, 1.54) is 0 Å². The van der Waals surface area contributed by atoms with Gasteiger partial charge in [0.2, 0.25) is 0 Å². The molecule has 0 radical (unpaired) electrons. The molecule has 0 saturated carbocycles. The van der Waals surface area contributed by atoms with Crippen molar-refractivity contribution >= 4 is 13.8 Å². The Hall–Kier alpha value is -0.860. The number of carbonyl (C=O) groups excluding carboxylic acids is 1. The van der Waals surface area contributed by atoms with Crippen LogP contribution in [0, 0.1) is 12.3 Å². The molecule has 7 heteroatoms. The van der Waals surface area contributed by atoms with E-state index in [4.69, 9.17) is 6.42 Å². The highest BCUT2D eigenvalue weighted by Crippen LogP contribution is 2.47. The Bertz CT molecular complexity index is 260. The third kappa shape index (κ3) is 5.00. The summed E-state index contributed by atoms with van der Waals surface area (Å²) >= 11 is 0.